The summed E-state index contributed by atoms with van der Waals surface area (Å²) in [7, 11) is 0. The predicted molar refractivity (Wildman–Crippen MR) is 119 cm³/mol. The first kappa shape index (κ1) is 20.6. The molecule has 0 spiro atoms. The van der Waals surface area contributed by atoms with E-state index in [1.54, 1.807) is 54.9 Å². The van der Waals surface area contributed by atoms with Crippen molar-refractivity contribution in [1.29, 1.82) is 0 Å². The molecule has 2 aromatic carbocycles. The molecular weight excluding hydrogens is 414 g/mol. The van der Waals surface area contributed by atoms with Crippen LogP contribution in [0.4, 0.5) is 5.69 Å². The summed E-state index contributed by atoms with van der Waals surface area (Å²) in [5.41, 5.74) is 2.58. The second-order valence-electron chi connectivity index (χ2n) is 6.90. The van der Waals surface area contributed by atoms with Gasteiger partial charge in [0.2, 0.25) is 0 Å². The Labute approximate surface area is 185 Å². The summed E-state index contributed by atoms with van der Waals surface area (Å²) in [5, 5.41) is 3.68. The molecule has 156 valence electrons. The number of ether oxygens (including phenoxy) is 1. The van der Waals surface area contributed by atoms with Gasteiger partial charge >= 0.3 is 0 Å². The standard InChI is InChI=1S/C24H20ClN3O3/c1-2-31-20-11-9-19(10-12-20)27-22-21(17-5-7-18(25)8-6-17)23(29)28(24(22)30)15-16-4-3-13-26-14-16/h3-14,27H,2,15H2,1H3. The van der Waals surface area contributed by atoms with Crippen molar-refractivity contribution in [3.05, 3.63) is 94.9 Å². The lowest BCUT2D eigenvalue weighted by Crippen LogP contribution is -2.32. The zero-order chi connectivity index (χ0) is 21.8. The minimum absolute atomic E-state index is 0.136. The molecule has 7 heteroatoms. The number of rotatable bonds is 7. The molecule has 1 N–H and O–H groups in total. The van der Waals surface area contributed by atoms with Crippen LogP contribution in [0.2, 0.25) is 5.02 Å². The first-order chi connectivity index (χ1) is 15.1. The number of nitrogens with one attached hydrogen (secondary N) is 1. The first-order valence-corrected chi connectivity index (χ1v) is 10.2. The van der Waals surface area contributed by atoms with Gasteiger partial charge in [0.15, 0.2) is 0 Å². The maximum atomic E-state index is 13.3. The summed E-state index contributed by atoms with van der Waals surface area (Å²) < 4.78 is 5.47. The van der Waals surface area contributed by atoms with Crippen LogP contribution in [0.25, 0.3) is 5.57 Å². The van der Waals surface area contributed by atoms with E-state index in [2.05, 4.69) is 10.3 Å². The van der Waals surface area contributed by atoms with Gasteiger partial charge in [-0.1, -0.05) is 29.8 Å². The van der Waals surface area contributed by atoms with Crippen LogP contribution in [0.3, 0.4) is 0 Å². The van der Waals surface area contributed by atoms with Crippen LogP contribution in [0.15, 0.2) is 78.8 Å². The minimum Gasteiger partial charge on any atom is -0.494 e. The summed E-state index contributed by atoms with van der Waals surface area (Å²) in [6.45, 7) is 2.61. The number of hydrogen-bond donors (Lipinski definition) is 1. The summed E-state index contributed by atoms with van der Waals surface area (Å²) in [5.74, 6) is -0.0377. The predicted octanol–water partition coefficient (Wildman–Crippen LogP) is 4.53. The zero-order valence-corrected chi connectivity index (χ0v) is 17.6. The van der Waals surface area contributed by atoms with E-state index in [9.17, 15) is 9.59 Å². The Kier molecular flexibility index (Phi) is 6.00. The summed E-state index contributed by atoms with van der Waals surface area (Å²) >= 11 is 6.01. The maximum Gasteiger partial charge on any atom is 0.278 e. The molecular formula is C24H20ClN3O3. The van der Waals surface area contributed by atoms with E-state index in [0.717, 1.165) is 11.3 Å². The molecule has 31 heavy (non-hydrogen) atoms. The van der Waals surface area contributed by atoms with Gasteiger partial charge in [-0.05, 0) is 60.5 Å². The van der Waals surface area contributed by atoms with E-state index in [1.807, 2.05) is 25.1 Å². The minimum atomic E-state index is -0.396. The highest BCUT2D eigenvalue weighted by Crippen LogP contribution is 2.32. The average Bonchev–Trinajstić information content (AvgIpc) is 3.01. The van der Waals surface area contributed by atoms with Crippen LogP contribution >= 0.6 is 11.6 Å². The topological polar surface area (TPSA) is 71.5 Å². The third-order valence-corrected chi connectivity index (χ3v) is 5.05. The molecule has 0 fully saturated rings. The number of pyridine rings is 1. The van der Waals surface area contributed by atoms with Gasteiger partial charge in [-0.25, -0.2) is 0 Å². The lowest BCUT2D eigenvalue weighted by molar-refractivity contribution is -0.137. The number of benzene rings is 2. The molecule has 6 nitrogen and oxygen atoms in total. The fourth-order valence-corrected chi connectivity index (χ4v) is 3.47. The molecule has 1 aliphatic heterocycles. The molecule has 1 aliphatic rings. The van der Waals surface area contributed by atoms with Crippen molar-refractivity contribution in [2.24, 2.45) is 0 Å². The van der Waals surface area contributed by atoms with E-state index in [4.69, 9.17) is 16.3 Å². The van der Waals surface area contributed by atoms with Gasteiger partial charge in [0.25, 0.3) is 11.8 Å². The summed E-state index contributed by atoms with van der Waals surface area (Å²) in [6, 6.07) is 17.7. The van der Waals surface area contributed by atoms with Crippen molar-refractivity contribution in [1.82, 2.24) is 9.88 Å². The van der Waals surface area contributed by atoms with Crippen molar-refractivity contribution in [3.63, 3.8) is 0 Å². The van der Waals surface area contributed by atoms with Crippen molar-refractivity contribution < 1.29 is 14.3 Å². The fourth-order valence-electron chi connectivity index (χ4n) is 3.34. The average molecular weight is 434 g/mol. The molecule has 0 aliphatic carbocycles. The Morgan fingerprint density at radius 2 is 1.74 bits per heavy atom. The van der Waals surface area contributed by atoms with Gasteiger partial charge in [-0.2, -0.15) is 0 Å². The molecule has 2 amide bonds. The van der Waals surface area contributed by atoms with E-state index >= 15 is 0 Å². The first-order valence-electron chi connectivity index (χ1n) is 9.82. The number of anilines is 1. The number of carbonyl (C=O) groups excluding carboxylic acids is 2. The van der Waals surface area contributed by atoms with E-state index in [0.29, 0.717) is 28.5 Å². The van der Waals surface area contributed by atoms with Crippen LogP contribution in [0.5, 0.6) is 5.75 Å². The quantitative estimate of drug-likeness (QED) is 0.554. The second-order valence-corrected chi connectivity index (χ2v) is 7.33. The number of aromatic nitrogens is 1. The van der Waals surface area contributed by atoms with Gasteiger partial charge in [0, 0.05) is 23.1 Å². The molecule has 0 unspecified atom stereocenters. The third kappa shape index (κ3) is 4.44. The number of carbonyl (C=O) groups is 2. The zero-order valence-electron chi connectivity index (χ0n) is 16.8. The van der Waals surface area contributed by atoms with Crippen LogP contribution < -0.4 is 10.1 Å². The van der Waals surface area contributed by atoms with Gasteiger partial charge in [-0.15, -0.1) is 0 Å². The number of nitrogens with zero attached hydrogens (tertiary/aromatic N) is 2. The van der Waals surface area contributed by atoms with E-state index in [1.165, 1.54) is 4.90 Å². The van der Waals surface area contributed by atoms with Crippen molar-refractivity contribution >= 4 is 34.7 Å². The van der Waals surface area contributed by atoms with Crippen molar-refractivity contribution in [2.75, 3.05) is 11.9 Å². The summed E-state index contributed by atoms with van der Waals surface area (Å²) in [6.07, 6.45) is 3.29. The molecule has 0 bridgehead atoms. The second kappa shape index (κ2) is 9.02. The summed E-state index contributed by atoms with van der Waals surface area (Å²) in [4.78, 5) is 31.8. The van der Waals surface area contributed by atoms with Crippen LogP contribution in [0, 0.1) is 0 Å². The van der Waals surface area contributed by atoms with Gasteiger partial charge in [-0.3, -0.25) is 19.5 Å². The highest BCUT2D eigenvalue weighted by atomic mass is 35.5. The Morgan fingerprint density at radius 3 is 2.39 bits per heavy atom. The fraction of sp³-hybridized carbons (Fsp3) is 0.125. The van der Waals surface area contributed by atoms with E-state index in [-0.39, 0.29) is 18.1 Å². The van der Waals surface area contributed by atoms with Gasteiger partial charge < -0.3 is 10.1 Å². The highest BCUT2D eigenvalue weighted by Gasteiger charge is 2.39. The molecule has 0 saturated carbocycles. The number of amides is 2. The number of imide groups is 1. The van der Waals surface area contributed by atoms with Crippen molar-refractivity contribution in [2.45, 2.75) is 13.5 Å². The Hall–Kier alpha value is -3.64. The molecule has 0 atom stereocenters. The highest BCUT2D eigenvalue weighted by molar-refractivity contribution is 6.36. The smallest absolute Gasteiger partial charge is 0.278 e. The largest absolute Gasteiger partial charge is 0.494 e. The third-order valence-electron chi connectivity index (χ3n) is 4.80. The molecule has 3 aromatic rings. The molecule has 0 saturated heterocycles. The van der Waals surface area contributed by atoms with Crippen molar-refractivity contribution in [3.8, 4) is 5.75 Å². The SMILES string of the molecule is CCOc1ccc(NC2=C(c3ccc(Cl)cc3)C(=O)N(Cc3cccnc3)C2=O)cc1. The molecule has 1 aromatic heterocycles. The van der Waals surface area contributed by atoms with Gasteiger partial charge in [0.05, 0.1) is 18.7 Å². The lowest BCUT2D eigenvalue weighted by Gasteiger charge is -2.15. The van der Waals surface area contributed by atoms with Crippen LogP contribution in [-0.2, 0) is 16.1 Å². The monoisotopic (exact) mass is 433 g/mol. The van der Waals surface area contributed by atoms with E-state index < -0.39 is 5.91 Å². The Balaban J connectivity index is 1.69. The molecule has 2 heterocycles. The molecule has 4 rings (SSSR count). The number of hydrogen-bond acceptors (Lipinski definition) is 5. The van der Waals surface area contributed by atoms with Crippen LogP contribution in [-0.4, -0.2) is 28.3 Å². The number of halogens is 1. The lowest BCUT2D eigenvalue weighted by atomic mass is 10.0. The normalized spacial score (nSPS) is 13.7. The molecule has 0 radical (unpaired) electrons. The Bertz CT molecular complexity index is 1130. The maximum absolute atomic E-state index is 13.3. The van der Waals surface area contributed by atoms with Crippen LogP contribution in [0.1, 0.15) is 18.1 Å². The Morgan fingerprint density at radius 1 is 1.00 bits per heavy atom. The van der Waals surface area contributed by atoms with Gasteiger partial charge in [0.1, 0.15) is 11.4 Å².